The van der Waals surface area contributed by atoms with Gasteiger partial charge in [0.2, 0.25) is 5.43 Å². The molecule has 1 aliphatic carbocycles. The first kappa shape index (κ1) is 18.1. The molecule has 1 aromatic heterocycles. The number of pyridine rings is 1. The number of carbonyl (C=O) groups is 1. The number of fused-ring (bicyclic) bond motifs is 2. The Morgan fingerprint density at radius 2 is 2.03 bits per heavy atom. The van der Waals surface area contributed by atoms with E-state index in [1.165, 1.54) is 6.20 Å². The fourth-order valence-corrected chi connectivity index (χ4v) is 4.94. The molecule has 0 unspecified atom stereocenters. The number of nitrogens with one attached hydrogen (secondary N) is 1. The summed E-state index contributed by atoms with van der Waals surface area (Å²) < 4.78 is 17.0. The molecule has 3 heterocycles. The molecule has 7 nitrogen and oxygen atoms in total. The average molecular weight is 396 g/mol. The van der Waals surface area contributed by atoms with Crippen LogP contribution in [0.3, 0.4) is 0 Å². The number of nitrogens with zero attached hydrogens (tertiary/aromatic N) is 3. The first-order valence-corrected chi connectivity index (χ1v) is 10.00. The minimum absolute atomic E-state index is 0.0342. The van der Waals surface area contributed by atoms with Crippen molar-refractivity contribution in [2.24, 2.45) is 11.8 Å². The minimum Gasteiger partial charge on any atom is -0.477 e. The summed E-state index contributed by atoms with van der Waals surface area (Å²) >= 11 is 0. The SMILES string of the molecule is N#Cc1c(N2C[C@H]3CNCC[C@H]3C2)c(F)cc2c(=O)c(C(=O)O)cn(C3CC3)c12. The third kappa shape index (κ3) is 2.80. The zero-order valence-electron chi connectivity index (χ0n) is 15.8. The van der Waals surface area contributed by atoms with Gasteiger partial charge in [-0.3, -0.25) is 4.79 Å². The fourth-order valence-electron chi connectivity index (χ4n) is 4.94. The summed E-state index contributed by atoms with van der Waals surface area (Å²) in [5.41, 5.74) is -0.405. The van der Waals surface area contributed by atoms with Crippen molar-refractivity contribution in [1.82, 2.24) is 9.88 Å². The minimum atomic E-state index is -1.34. The number of anilines is 1. The molecule has 2 N–H and O–H groups in total. The highest BCUT2D eigenvalue weighted by atomic mass is 19.1. The maximum atomic E-state index is 15.3. The molecule has 2 atom stereocenters. The molecule has 29 heavy (non-hydrogen) atoms. The normalized spacial score (nSPS) is 23.8. The van der Waals surface area contributed by atoms with Crippen LogP contribution in [0.15, 0.2) is 17.1 Å². The number of hydrogen-bond acceptors (Lipinski definition) is 5. The Balaban J connectivity index is 1.74. The highest BCUT2D eigenvalue weighted by Gasteiger charge is 2.37. The second-order valence-electron chi connectivity index (χ2n) is 8.32. The molecular formula is C21H21FN4O3. The van der Waals surface area contributed by atoms with E-state index < -0.39 is 22.8 Å². The Bertz CT molecular complexity index is 1120. The van der Waals surface area contributed by atoms with Gasteiger partial charge in [0.25, 0.3) is 0 Å². The van der Waals surface area contributed by atoms with Crippen LogP contribution < -0.4 is 15.6 Å². The Labute approximate surface area is 166 Å². The molecule has 2 aliphatic heterocycles. The van der Waals surface area contributed by atoms with Crippen LogP contribution in [0.1, 0.15) is 41.2 Å². The molecule has 2 aromatic rings. The van der Waals surface area contributed by atoms with Crippen LogP contribution in [0.2, 0.25) is 0 Å². The van der Waals surface area contributed by atoms with Crippen LogP contribution in [0, 0.1) is 29.0 Å². The maximum Gasteiger partial charge on any atom is 0.341 e. The van der Waals surface area contributed by atoms with Crippen LogP contribution >= 0.6 is 0 Å². The number of aromatic carboxylic acids is 1. The summed E-state index contributed by atoms with van der Waals surface area (Å²) in [6, 6.07) is 3.29. The highest BCUT2D eigenvalue weighted by molar-refractivity contribution is 5.96. The molecular weight excluding hydrogens is 375 g/mol. The lowest BCUT2D eigenvalue weighted by Crippen LogP contribution is -2.35. The van der Waals surface area contributed by atoms with E-state index in [0.717, 1.165) is 38.4 Å². The van der Waals surface area contributed by atoms with Crippen LogP contribution in [0.5, 0.6) is 0 Å². The molecule has 2 saturated heterocycles. The van der Waals surface area contributed by atoms with Gasteiger partial charge in [-0.05, 0) is 50.3 Å². The predicted octanol–water partition coefficient (Wildman–Crippen LogP) is 2.09. The molecule has 3 aliphatic rings. The number of benzene rings is 1. The Kier molecular flexibility index (Phi) is 4.10. The topological polar surface area (TPSA) is 98.4 Å². The third-order valence-electron chi connectivity index (χ3n) is 6.52. The number of nitriles is 1. The monoisotopic (exact) mass is 396 g/mol. The number of aromatic nitrogens is 1. The van der Waals surface area contributed by atoms with Gasteiger partial charge in [0.1, 0.15) is 23.0 Å². The molecule has 0 amide bonds. The molecule has 8 heteroatoms. The van der Waals surface area contributed by atoms with Crippen molar-refractivity contribution in [3.05, 3.63) is 39.4 Å². The molecule has 1 saturated carbocycles. The van der Waals surface area contributed by atoms with E-state index in [9.17, 15) is 20.0 Å². The number of carboxylic acids is 1. The Morgan fingerprint density at radius 3 is 2.69 bits per heavy atom. The molecule has 0 spiro atoms. The van der Waals surface area contributed by atoms with E-state index in [0.29, 0.717) is 30.4 Å². The van der Waals surface area contributed by atoms with Crippen molar-refractivity contribution in [3.8, 4) is 6.07 Å². The van der Waals surface area contributed by atoms with Gasteiger partial charge < -0.3 is 19.9 Å². The van der Waals surface area contributed by atoms with Crippen molar-refractivity contribution in [3.63, 3.8) is 0 Å². The van der Waals surface area contributed by atoms with Gasteiger partial charge >= 0.3 is 5.97 Å². The van der Waals surface area contributed by atoms with Gasteiger partial charge in [-0.2, -0.15) is 5.26 Å². The Morgan fingerprint density at radius 1 is 1.28 bits per heavy atom. The van der Waals surface area contributed by atoms with Crippen molar-refractivity contribution >= 4 is 22.6 Å². The molecule has 0 bridgehead atoms. The van der Waals surface area contributed by atoms with Crippen molar-refractivity contribution in [1.29, 1.82) is 5.26 Å². The lowest BCUT2D eigenvalue weighted by Gasteiger charge is -2.23. The van der Waals surface area contributed by atoms with Crippen molar-refractivity contribution in [2.75, 3.05) is 31.1 Å². The van der Waals surface area contributed by atoms with E-state index in [2.05, 4.69) is 11.4 Å². The van der Waals surface area contributed by atoms with Gasteiger partial charge in [0.15, 0.2) is 0 Å². The molecule has 1 aromatic carbocycles. The second-order valence-corrected chi connectivity index (χ2v) is 8.32. The zero-order valence-corrected chi connectivity index (χ0v) is 15.8. The summed E-state index contributed by atoms with van der Waals surface area (Å²) in [6.07, 6.45) is 4.02. The van der Waals surface area contributed by atoms with Gasteiger partial charge in [0.05, 0.1) is 16.6 Å². The second kappa shape index (κ2) is 6.56. The smallest absolute Gasteiger partial charge is 0.341 e. The third-order valence-corrected chi connectivity index (χ3v) is 6.52. The van der Waals surface area contributed by atoms with E-state index >= 15 is 4.39 Å². The van der Waals surface area contributed by atoms with E-state index in [1.807, 2.05) is 4.90 Å². The van der Waals surface area contributed by atoms with Crippen LogP contribution in [0.25, 0.3) is 10.9 Å². The summed E-state index contributed by atoms with van der Waals surface area (Å²) in [7, 11) is 0. The number of carboxylic acid groups (broad SMARTS) is 1. The number of rotatable bonds is 3. The number of piperidine rings is 1. The number of halogens is 1. The molecule has 3 fully saturated rings. The Hall–Kier alpha value is -2.92. The maximum absolute atomic E-state index is 15.3. The standard InChI is InChI=1S/C21H21FN4O3/c22-17-5-14-18(26(13-1-2-13)10-16(20(14)27)21(28)29)15(6-23)19(17)25-8-11-3-4-24-7-12(11)9-25/h5,10-13,24H,1-4,7-9H2,(H,28,29)/t11-,12+/m0/s1. The summed E-state index contributed by atoms with van der Waals surface area (Å²) in [6.45, 7) is 3.17. The lowest BCUT2D eigenvalue weighted by atomic mass is 9.90. The predicted molar refractivity (Wildman–Crippen MR) is 105 cm³/mol. The van der Waals surface area contributed by atoms with Gasteiger partial charge in [-0.25, -0.2) is 9.18 Å². The summed E-state index contributed by atoms with van der Waals surface area (Å²) in [4.78, 5) is 26.2. The largest absolute Gasteiger partial charge is 0.477 e. The van der Waals surface area contributed by atoms with Crippen molar-refractivity contribution < 1.29 is 14.3 Å². The number of hydrogen-bond donors (Lipinski definition) is 2. The van der Waals surface area contributed by atoms with Gasteiger partial charge in [-0.1, -0.05) is 0 Å². The summed E-state index contributed by atoms with van der Waals surface area (Å²) in [5, 5.41) is 22.7. The zero-order chi connectivity index (χ0) is 20.3. The highest BCUT2D eigenvalue weighted by Crippen LogP contribution is 2.41. The molecule has 5 rings (SSSR count). The van der Waals surface area contributed by atoms with E-state index in [-0.39, 0.29) is 22.7 Å². The average Bonchev–Trinajstić information content (AvgIpc) is 3.45. The molecule has 150 valence electrons. The van der Waals surface area contributed by atoms with Crippen molar-refractivity contribution in [2.45, 2.75) is 25.3 Å². The van der Waals surface area contributed by atoms with E-state index in [1.54, 1.807) is 4.57 Å². The fraction of sp³-hybridized carbons (Fsp3) is 0.476. The van der Waals surface area contributed by atoms with Crippen LogP contribution in [-0.2, 0) is 0 Å². The molecule has 0 radical (unpaired) electrons. The van der Waals surface area contributed by atoms with Crippen LogP contribution in [-0.4, -0.2) is 41.8 Å². The summed E-state index contributed by atoms with van der Waals surface area (Å²) in [5.74, 6) is -1.11. The quantitative estimate of drug-likeness (QED) is 0.824. The first-order chi connectivity index (χ1) is 14.0. The van der Waals surface area contributed by atoms with Gasteiger partial charge in [-0.15, -0.1) is 0 Å². The van der Waals surface area contributed by atoms with Crippen LogP contribution in [0.4, 0.5) is 10.1 Å². The van der Waals surface area contributed by atoms with E-state index in [4.69, 9.17) is 0 Å². The first-order valence-electron chi connectivity index (χ1n) is 10.00. The lowest BCUT2D eigenvalue weighted by molar-refractivity contribution is 0.0695. The van der Waals surface area contributed by atoms with Gasteiger partial charge in [0, 0.05) is 25.3 Å².